The van der Waals surface area contributed by atoms with E-state index in [0.29, 0.717) is 6.10 Å². The van der Waals surface area contributed by atoms with E-state index in [2.05, 4.69) is 21.7 Å². The van der Waals surface area contributed by atoms with Crippen molar-refractivity contribution >= 4 is 11.8 Å². The maximum atomic E-state index is 9.38. The molecule has 1 atom stereocenters. The van der Waals surface area contributed by atoms with Crippen LogP contribution in [0.3, 0.4) is 0 Å². The molecule has 1 aromatic carbocycles. The van der Waals surface area contributed by atoms with Gasteiger partial charge in [0.05, 0.1) is 6.10 Å². The Hall–Kier alpha value is -1.53. The smallest absolute Gasteiger partial charge is 0.191 e. The summed E-state index contributed by atoms with van der Waals surface area (Å²) in [6, 6.07) is 7.06. The maximum absolute atomic E-state index is 9.38. The predicted octanol–water partition coefficient (Wildman–Crippen LogP) is 2.94. The molecule has 1 saturated heterocycles. The zero-order chi connectivity index (χ0) is 14.7. The monoisotopic (exact) mass is 305 g/mol. The second kappa shape index (κ2) is 6.49. The highest BCUT2D eigenvalue weighted by atomic mass is 32.2. The average Bonchev–Trinajstić information content (AvgIpc) is 3.15. The molecule has 112 valence electrons. The van der Waals surface area contributed by atoms with Crippen molar-refractivity contribution in [1.29, 1.82) is 0 Å². The van der Waals surface area contributed by atoms with E-state index in [4.69, 9.17) is 4.74 Å². The summed E-state index contributed by atoms with van der Waals surface area (Å²) in [7, 11) is 0. The maximum Gasteiger partial charge on any atom is 0.191 e. The molecule has 6 heteroatoms. The van der Waals surface area contributed by atoms with Gasteiger partial charge in [-0.2, -0.15) is 0 Å². The number of rotatable bonds is 5. The van der Waals surface area contributed by atoms with Crippen molar-refractivity contribution < 1.29 is 9.84 Å². The highest BCUT2D eigenvalue weighted by Gasteiger charge is 2.18. The second-order valence-corrected chi connectivity index (χ2v) is 6.03. The third-order valence-corrected chi connectivity index (χ3v) is 4.68. The number of aromatic hydroxyl groups is 1. The van der Waals surface area contributed by atoms with Gasteiger partial charge in [0.2, 0.25) is 0 Å². The van der Waals surface area contributed by atoms with Crippen LogP contribution in [0, 0.1) is 0 Å². The fourth-order valence-corrected chi connectivity index (χ4v) is 3.52. The first-order valence-electron chi connectivity index (χ1n) is 7.25. The molecule has 0 amide bonds. The molecule has 0 radical (unpaired) electrons. The standard InChI is InChI=1S/C15H19N3O2S/c1-2-18-14(11-5-7-12(19)8-6-11)16-17-15(18)21-10-13-4-3-9-20-13/h5-8,13,19H,2-4,9-10H2,1H3. The van der Waals surface area contributed by atoms with Gasteiger partial charge in [-0.25, -0.2) is 0 Å². The van der Waals surface area contributed by atoms with Gasteiger partial charge in [0.1, 0.15) is 5.75 Å². The van der Waals surface area contributed by atoms with E-state index in [1.807, 2.05) is 12.1 Å². The zero-order valence-corrected chi connectivity index (χ0v) is 12.8. The number of hydrogen-bond acceptors (Lipinski definition) is 5. The van der Waals surface area contributed by atoms with Gasteiger partial charge < -0.3 is 14.4 Å². The summed E-state index contributed by atoms with van der Waals surface area (Å²) in [4.78, 5) is 0. The van der Waals surface area contributed by atoms with Crippen molar-refractivity contribution in [2.75, 3.05) is 12.4 Å². The first kappa shape index (κ1) is 14.4. The van der Waals surface area contributed by atoms with Gasteiger partial charge in [0, 0.05) is 24.5 Å². The Balaban J connectivity index is 1.77. The van der Waals surface area contributed by atoms with Crippen molar-refractivity contribution in [2.24, 2.45) is 0 Å². The van der Waals surface area contributed by atoms with Crippen LogP contribution in [0.1, 0.15) is 19.8 Å². The van der Waals surface area contributed by atoms with Gasteiger partial charge in [-0.05, 0) is 44.0 Å². The molecule has 1 aliphatic rings. The number of nitrogens with zero attached hydrogens (tertiary/aromatic N) is 3. The van der Waals surface area contributed by atoms with Crippen LogP contribution in [-0.2, 0) is 11.3 Å². The van der Waals surface area contributed by atoms with E-state index in [-0.39, 0.29) is 5.75 Å². The van der Waals surface area contributed by atoms with Crippen molar-refractivity contribution in [2.45, 2.75) is 37.6 Å². The fraction of sp³-hybridized carbons (Fsp3) is 0.467. The van der Waals surface area contributed by atoms with Gasteiger partial charge in [0.25, 0.3) is 0 Å². The summed E-state index contributed by atoms with van der Waals surface area (Å²) in [5.74, 6) is 2.02. The van der Waals surface area contributed by atoms with E-state index in [0.717, 1.165) is 48.3 Å². The normalized spacial score (nSPS) is 18.2. The number of aromatic nitrogens is 3. The Kier molecular flexibility index (Phi) is 4.45. The molecular formula is C15H19N3O2S. The van der Waals surface area contributed by atoms with Crippen molar-refractivity contribution in [3.05, 3.63) is 24.3 Å². The molecule has 2 heterocycles. The van der Waals surface area contributed by atoms with Gasteiger partial charge in [-0.3, -0.25) is 0 Å². The second-order valence-electron chi connectivity index (χ2n) is 5.04. The lowest BCUT2D eigenvalue weighted by Crippen LogP contribution is -2.09. The number of ether oxygens (including phenoxy) is 1. The molecule has 1 aliphatic heterocycles. The van der Waals surface area contributed by atoms with Gasteiger partial charge in [-0.1, -0.05) is 11.8 Å². The van der Waals surface area contributed by atoms with Crippen LogP contribution in [-0.4, -0.2) is 38.3 Å². The molecule has 0 saturated carbocycles. The topological polar surface area (TPSA) is 60.2 Å². The lowest BCUT2D eigenvalue weighted by atomic mass is 10.2. The molecule has 3 rings (SSSR count). The Morgan fingerprint density at radius 3 is 2.81 bits per heavy atom. The summed E-state index contributed by atoms with van der Waals surface area (Å²) in [6.45, 7) is 3.78. The minimum absolute atomic E-state index is 0.259. The van der Waals surface area contributed by atoms with Crippen LogP contribution >= 0.6 is 11.8 Å². The van der Waals surface area contributed by atoms with Crippen LogP contribution in [0.15, 0.2) is 29.4 Å². The van der Waals surface area contributed by atoms with Crippen molar-refractivity contribution in [1.82, 2.24) is 14.8 Å². The summed E-state index contributed by atoms with van der Waals surface area (Å²) >= 11 is 1.70. The molecule has 1 unspecified atom stereocenters. The number of phenolic OH excluding ortho intramolecular Hbond substituents is 1. The van der Waals surface area contributed by atoms with Crippen molar-refractivity contribution in [3.8, 4) is 17.1 Å². The molecular weight excluding hydrogens is 286 g/mol. The van der Waals surface area contributed by atoms with Crippen LogP contribution in [0.2, 0.25) is 0 Å². The largest absolute Gasteiger partial charge is 0.508 e. The molecule has 1 fully saturated rings. The Morgan fingerprint density at radius 1 is 1.33 bits per heavy atom. The van der Waals surface area contributed by atoms with E-state index >= 15 is 0 Å². The zero-order valence-electron chi connectivity index (χ0n) is 12.0. The Bertz CT molecular complexity index is 591. The Morgan fingerprint density at radius 2 is 2.14 bits per heavy atom. The quantitative estimate of drug-likeness (QED) is 0.861. The molecule has 0 bridgehead atoms. The molecule has 2 aromatic rings. The molecule has 1 N–H and O–H groups in total. The van der Waals surface area contributed by atoms with Crippen LogP contribution in [0.4, 0.5) is 0 Å². The van der Waals surface area contributed by atoms with E-state index < -0.39 is 0 Å². The highest BCUT2D eigenvalue weighted by Crippen LogP contribution is 2.27. The van der Waals surface area contributed by atoms with E-state index in [1.165, 1.54) is 0 Å². The van der Waals surface area contributed by atoms with Crippen molar-refractivity contribution in [3.63, 3.8) is 0 Å². The fourth-order valence-electron chi connectivity index (χ4n) is 2.45. The lowest BCUT2D eigenvalue weighted by molar-refractivity contribution is 0.129. The predicted molar refractivity (Wildman–Crippen MR) is 82.5 cm³/mol. The first-order chi connectivity index (χ1) is 10.3. The first-order valence-corrected chi connectivity index (χ1v) is 8.23. The Labute approximate surface area is 128 Å². The van der Waals surface area contributed by atoms with Crippen LogP contribution in [0.25, 0.3) is 11.4 Å². The van der Waals surface area contributed by atoms with Gasteiger partial charge >= 0.3 is 0 Å². The lowest BCUT2D eigenvalue weighted by Gasteiger charge is -2.10. The number of phenols is 1. The van der Waals surface area contributed by atoms with Crippen LogP contribution < -0.4 is 0 Å². The molecule has 0 aliphatic carbocycles. The average molecular weight is 305 g/mol. The molecule has 0 spiro atoms. The molecule has 21 heavy (non-hydrogen) atoms. The SMILES string of the molecule is CCn1c(SCC2CCCO2)nnc1-c1ccc(O)cc1. The summed E-state index contributed by atoms with van der Waals surface area (Å²) in [5.41, 5.74) is 0.964. The number of thioether (sulfide) groups is 1. The molecule has 1 aromatic heterocycles. The summed E-state index contributed by atoms with van der Waals surface area (Å²) < 4.78 is 7.75. The minimum atomic E-state index is 0.259. The summed E-state index contributed by atoms with van der Waals surface area (Å²) in [5, 5.41) is 18.9. The number of hydrogen-bond donors (Lipinski definition) is 1. The van der Waals surface area contributed by atoms with Gasteiger partial charge in [0.15, 0.2) is 11.0 Å². The summed E-state index contributed by atoms with van der Waals surface area (Å²) in [6.07, 6.45) is 2.64. The highest BCUT2D eigenvalue weighted by molar-refractivity contribution is 7.99. The minimum Gasteiger partial charge on any atom is -0.508 e. The van der Waals surface area contributed by atoms with Crippen LogP contribution in [0.5, 0.6) is 5.75 Å². The van der Waals surface area contributed by atoms with E-state index in [9.17, 15) is 5.11 Å². The third-order valence-electron chi connectivity index (χ3n) is 3.58. The number of benzene rings is 1. The molecule has 5 nitrogen and oxygen atoms in total. The van der Waals surface area contributed by atoms with Gasteiger partial charge in [-0.15, -0.1) is 10.2 Å². The third kappa shape index (κ3) is 3.22. The van der Waals surface area contributed by atoms with E-state index in [1.54, 1.807) is 23.9 Å².